The molecule has 6 rings (SSSR count). The molecule has 0 aromatic heterocycles. The highest BCUT2D eigenvalue weighted by molar-refractivity contribution is 5.90. The molecule has 3 aromatic carbocycles. The molecule has 5 heteroatoms. The lowest BCUT2D eigenvalue weighted by Crippen LogP contribution is -2.48. The fraction of sp³-hybridized carbons (Fsp3) is 0.222. The number of amides is 1. The molecule has 1 fully saturated rings. The Morgan fingerprint density at radius 2 is 1.44 bits per heavy atom. The average molecular weight is 425 g/mol. The Morgan fingerprint density at radius 1 is 0.844 bits per heavy atom. The van der Waals surface area contributed by atoms with Gasteiger partial charge in [0.2, 0.25) is 5.91 Å². The van der Waals surface area contributed by atoms with E-state index in [-0.39, 0.29) is 17.4 Å². The molecule has 3 aliphatic rings. The Labute approximate surface area is 187 Å². The Hall–Kier alpha value is -3.57. The molecule has 160 valence electrons. The van der Waals surface area contributed by atoms with E-state index in [2.05, 4.69) is 23.7 Å². The van der Waals surface area contributed by atoms with E-state index in [1.54, 1.807) is 0 Å². The van der Waals surface area contributed by atoms with Crippen LogP contribution in [0.15, 0.2) is 84.9 Å². The normalized spacial score (nSPS) is 18.9. The van der Waals surface area contributed by atoms with Gasteiger partial charge in [-0.05, 0) is 23.8 Å². The largest absolute Gasteiger partial charge is 0.457 e. The first-order chi connectivity index (χ1) is 15.7. The van der Waals surface area contributed by atoms with Crippen molar-refractivity contribution in [2.45, 2.75) is 24.4 Å². The van der Waals surface area contributed by atoms with Crippen LogP contribution in [0.3, 0.4) is 0 Å². The van der Waals surface area contributed by atoms with E-state index in [1.807, 2.05) is 71.6 Å². The second kappa shape index (κ2) is 7.53. The fourth-order valence-electron chi connectivity index (χ4n) is 4.95. The monoisotopic (exact) mass is 424 g/mol. The van der Waals surface area contributed by atoms with Crippen LogP contribution in [0.25, 0.3) is 5.70 Å². The van der Waals surface area contributed by atoms with Gasteiger partial charge in [-0.3, -0.25) is 15.1 Å². The number of ether oxygens (including phenoxy) is 1. The number of piperidine rings is 1. The van der Waals surface area contributed by atoms with Gasteiger partial charge in [-0.1, -0.05) is 66.7 Å². The maximum absolute atomic E-state index is 13.8. The van der Waals surface area contributed by atoms with Gasteiger partial charge in [0, 0.05) is 37.1 Å². The van der Waals surface area contributed by atoms with E-state index in [9.17, 15) is 4.79 Å². The highest BCUT2D eigenvalue weighted by Crippen LogP contribution is 2.45. The van der Waals surface area contributed by atoms with Gasteiger partial charge in [0.1, 0.15) is 17.1 Å². The SMILES string of the molecule is O=C(C1c2ccccc2Oc2ccccc21)N1CCC2(C=C(c3ccccc3)NO2)CC1. The van der Waals surface area contributed by atoms with Gasteiger partial charge in [0.25, 0.3) is 0 Å². The van der Waals surface area contributed by atoms with Crippen molar-refractivity contribution in [2.75, 3.05) is 13.1 Å². The molecule has 0 saturated carbocycles. The maximum Gasteiger partial charge on any atom is 0.234 e. The van der Waals surface area contributed by atoms with E-state index in [0.717, 1.165) is 46.7 Å². The molecule has 0 radical (unpaired) electrons. The molecular weight excluding hydrogens is 400 g/mol. The Balaban J connectivity index is 1.24. The van der Waals surface area contributed by atoms with Crippen LogP contribution in [0.5, 0.6) is 11.5 Å². The van der Waals surface area contributed by atoms with Crippen LogP contribution < -0.4 is 10.2 Å². The summed E-state index contributed by atoms with van der Waals surface area (Å²) in [4.78, 5) is 21.8. The summed E-state index contributed by atoms with van der Waals surface area (Å²) in [6.45, 7) is 1.31. The van der Waals surface area contributed by atoms with Gasteiger partial charge in [-0.15, -0.1) is 0 Å². The first-order valence-corrected chi connectivity index (χ1v) is 11.1. The lowest BCUT2D eigenvalue weighted by Gasteiger charge is -2.39. The molecule has 3 aliphatic heterocycles. The van der Waals surface area contributed by atoms with Crippen molar-refractivity contribution in [3.8, 4) is 11.5 Å². The molecule has 0 aliphatic carbocycles. The summed E-state index contributed by atoms with van der Waals surface area (Å²) < 4.78 is 6.07. The number of hydroxylamine groups is 1. The molecule has 3 heterocycles. The molecule has 0 atom stereocenters. The molecule has 3 aromatic rings. The van der Waals surface area contributed by atoms with Crippen molar-refractivity contribution >= 4 is 11.6 Å². The molecular formula is C27H24N2O3. The molecule has 1 amide bonds. The van der Waals surface area contributed by atoms with Gasteiger partial charge < -0.3 is 9.64 Å². The van der Waals surface area contributed by atoms with Crippen LogP contribution in [-0.4, -0.2) is 29.5 Å². The lowest BCUT2D eigenvalue weighted by molar-refractivity contribution is -0.137. The number of hydrogen-bond acceptors (Lipinski definition) is 4. The van der Waals surface area contributed by atoms with Crippen LogP contribution in [0, 0.1) is 0 Å². The average Bonchev–Trinajstić information content (AvgIpc) is 3.26. The lowest BCUT2D eigenvalue weighted by atomic mass is 9.85. The summed E-state index contributed by atoms with van der Waals surface area (Å²) in [5.74, 6) is 1.30. The van der Waals surface area contributed by atoms with Crippen molar-refractivity contribution in [3.63, 3.8) is 0 Å². The second-order valence-electron chi connectivity index (χ2n) is 8.63. The zero-order chi connectivity index (χ0) is 21.5. The Morgan fingerprint density at radius 3 is 2.09 bits per heavy atom. The molecule has 0 unspecified atom stereocenters. The molecule has 32 heavy (non-hydrogen) atoms. The summed E-state index contributed by atoms with van der Waals surface area (Å²) in [7, 11) is 0. The number of carbonyl (C=O) groups excluding carboxylic acids is 1. The van der Waals surface area contributed by atoms with Gasteiger partial charge in [0.15, 0.2) is 0 Å². The number of carbonyl (C=O) groups is 1. The van der Waals surface area contributed by atoms with E-state index in [0.29, 0.717) is 13.1 Å². The predicted molar refractivity (Wildman–Crippen MR) is 122 cm³/mol. The summed E-state index contributed by atoms with van der Waals surface area (Å²) >= 11 is 0. The van der Waals surface area contributed by atoms with E-state index in [1.165, 1.54) is 0 Å². The Kier molecular flexibility index (Phi) is 4.51. The van der Waals surface area contributed by atoms with Crippen molar-refractivity contribution in [1.29, 1.82) is 0 Å². The van der Waals surface area contributed by atoms with Gasteiger partial charge in [-0.2, -0.15) is 0 Å². The topological polar surface area (TPSA) is 50.8 Å². The molecule has 0 bridgehead atoms. The van der Waals surface area contributed by atoms with Crippen molar-refractivity contribution in [2.24, 2.45) is 0 Å². The number of rotatable bonds is 2. The van der Waals surface area contributed by atoms with Gasteiger partial charge >= 0.3 is 0 Å². The second-order valence-corrected chi connectivity index (χ2v) is 8.63. The van der Waals surface area contributed by atoms with E-state index in [4.69, 9.17) is 9.57 Å². The van der Waals surface area contributed by atoms with Crippen LogP contribution in [0.2, 0.25) is 0 Å². The van der Waals surface area contributed by atoms with Crippen LogP contribution >= 0.6 is 0 Å². The third-order valence-electron chi connectivity index (χ3n) is 6.70. The third-order valence-corrected chi connectivity index (χ3v) is 6.70. The minimum atomic E-state index is -0.368. The molecule has 5 nitrogen and oxygen atoms in total. The predicted octanol–water partition coefficient (Wildman–Crippen LogP) is 4.86. The van der Waals surface area contributed by atoms with Crippen LogP contribution in [-0.2, 0) is 9.63 Å². The Bertz CT molecular complexity index is 1150. The zero-order valence-electron chi connectivity index (χ0n) is 17.7. The first-order valence-electron chi connectivity index (χ1n) is 11.1. The fourth-order valence-corrected chi connectivity index (χ4v) is 4.95. The van der Waals surface area contributed by atoms with E-state index < -0.39 is 0 Å². The number of hydrogen-bond donors (Lipinski definition) is 1. The zero-order valence-corrected chi connectivity index (χ0v) is 17.7. The molecule has 1 spiro atoms. The number of likely N-dealkylation sites (tertiary alicyclic amines) is 1. The minimum absolute atomic E-state index is 0.126. The minimum Gasteiger partial charge on any atom is -0.457 e. The first kappa shape index (κ1) is 19.1. The maximum atomic E-state index is 13.8. The summed E-state index contributed by atoms with van der Waals surface area (Å²) in [6, 6.07) is 25.9. The number of benzene rings is 3. The third kappa shape index (κ3) is 3.17. The molecule has 1 saturated heterocycles. The van der Waals surface area contributed by atoms with Gasteiger partial charge in [-0.25, -0.2) is 0 Å². The quantitative estimate of drug-likeness (QED) is 0.638. The van der Waals surface area contributed by atoms with Crippen molar-refractivity contribution in [1.82, 2.24) is 10.4 Å². The number of nitrogens with zero attached hydrogens (tertiary/aromatic N) is 1. The smallest absolute Gasteiger partial charge is 0.234 e. The van der Waals surface area contributed by atoms with Crippen molar-refractivity contribution in [3.05, 3.63) is 102 Å². The highest BCUT2D eigenvalue weighted by Gasteiger charge is 2.42. The van der Waals surface area contributed by atoms with E-state index >= 15 is 0 Å². The number of fused-ring (bicyclic) bond motifs is 2. The summed E-state index contributed by atoms with van der Waals surface area (Å²) in [5, 5.41) is 0. The molecule has 1 N–H and O–H groups in total. The van der Waals surface area contributed by atoms with Crippen LogP contribution in [0.4, 0.5) is 0 Å². The van der Waals surface area contributed by atoms with Crippen LogP contribution in [0.1, 0.15) is 35.4 Å². The van der Waals surface area contributed by atoms with Gasteiger partial charge in [0.05, 0.1) is 11.6 Å². The van der Waals surface area contributed by atoms with Crippen molar-refractivity contribution < 1.29 is 14.4 Å². The number of para-hydroxylation sites is 2. The summed E-state index contributed by atoms with van der Waals surface area (Å²) in [6.07, 6.45) is 3.70. The standard InChI is InChI=1S/C27H24N2O3/c30-26(25-20-10-4-6-12-23(20)31-24-13-7-5-11-21(24)25)29-16-14-27(15-17-29)18-22(28-32-27)19-8-2-1-3-9-19/h1-13,18,25,28H,14-17H2. The number of nitrogens with one attached hydrogen (secondary N) is 1. The highest BCUT2D eigenvalue weighted by atomic mass is 16.7. The summed E-state index contributed by atoms with van der Waals surface area (Å²) in [5.41, 5.74) is 6.71.